The summed E-state index contributed by atoms with van der Waals surface area (Å²) in [5.74, 6) is 0.492. The number of ether oxygens (including phenoxy) is 2. The molecule has 0 saturated carbocycles. The van der Waals surface area contributed by atoms with E-state index in [1.807, 2.05) is 0 Å². The molecular formula is C17H17BrN2O4. The second kappa shape index (κ2) is 7.83. The SMILES string of the molecule is CNC(=O)c1ccc(NC(=O)c2cc(OC)c(Br)c(OC)c2)cc1. The molecule has 0 atom stereocenters. The first-order chi connectivity index (χ1) is 11.5. The molecule has 0 heterocycles. The van der Waals surface area contributed by atoms with E-state index in [2.05, 4.69) is 26.6 Å². The zero-order chi connectivity index (χ0) is 17.7. The van der Waals surface area contributed by atoms with Gasteiger partial charge in [0.1, 0.15) is 16.0 Å². The van der Waals surface area contributed by atoms with Crippen molar-refractivity contribution in [2.45, 2.75) is 0 Å². The van der Waals surface area contributed by atoms with Crippen molar-refractivity contribution in [3.8, 4) is 11.5 Å². The van der Waals surface area contributed by atoms with Crippen LogP contribution < -0.4 is 20.1 Å². The van der Waals surface area contributed by atoms with E-state index in [9.17, 15) is 9.59 Å². The first kappa shape index (κ1) is 17.8. The van der Waals surface area contributed by atoms with Crippen LogP contribution in [0.15, 0.2) is 40.9 Å². The predicted molar refractivity (Wildman–Crippen MR) is 95.0 cm³/mol. The second-order valence-electron chi connectivity index (χ2n) is 4.81. The van der Waals surface area contributed by atoms with Gasteiger partial charge in [0, 0.05) is 23.9 Å². The highest BCUT2D eigenvalue weighted by molar-refractivity contribution is 9.10. The molecule has 2 aromatic carbocycles. The third-order valence-electron chi connectivity index (χ3n) is 3.34. The summed E-state index contributed by atoms with van der Waals surface area (Å²) in [6.07, 6.45) is 0. The maximum atomic E-state index is 12.4. The van der Waals surface area contributed by atoms with Crippen LogP contribution in [-0.4, -0.2) is 33.1 Å². The lowest BCUT2D eigenvalue weighted by Gasteiger charge is -2.12. The van der Waals surface area contributed by atoms with Crippen LogP contribution in [0.1, 0.15) is 20.7 Å². The molecule has 7 heteroatoms. The average Bonchev–Trinajstić information content (AvgIpc) is 2.61. The molecule has 0 saturated heterocycles. The Morgan fingerprint density at radius 3 is 1.92 bits per heavy atom. The van der Waals surface area contributed by atoms with E-state index >= 15 is 0 Å². The zero-order valence-electron chi connectivity index (χ0n) is 13.5. The normalized spacial score (nSPS) is 10.0. The maximum absolute atomic E-state index is 12.4. The summed E-state index contributed by atoms with van der Waals surface area (Å²) in [5, 5.41) is 5.31. The first-order valence-corrected chi connectivity index (χ1v) is 7.84. The second-order valence-corrected chi connectivity index (χ2v) is 5.60. The Labute approximate surface area is 148 Å². The Morgan fingerprint density at radius 1 is 0.917 bits per heavy atom. The van der Waals surface area contributed by atoms with Gasteiger partial charge >= 0.3 is 0 Å². The van der Waals surface area contributed by atoms with Crippen molar-refractivity contribution < 1.29 is 19.1 Å². The Hall–Kier alpha value is -2.54. The van der Waals surface area contributed by atoms with Gasteiger partial charge in [-0.2, -0.15) is 0 Å². The Bertz CT molecular complexity index is 735. The average molecular weight is 393 g/mol. The minimum atomic E-state index is -0.313. The van der Waals surface area contributed by atoms with Crippen LogP contribution in [0.2, 0.25) is 0 Å². The van der Waals surface area contributed by atoms with Gasteiger partial charge in [-0.1, -0.05) is 0 Å². The van der Waals surface area contributed by atoms with Crippen LogP contribution in [0.25, 0.3) is 0 Å². The molecule has 126 valence electrons. The number of carbonyl (C=O) groups is 2. The largest absolute Gasteiger partial charge is 0.495 e. The summed E-state index contributed by atoms with van der Waals surface area (Å²) in [7, 11) is 4.59. The molecule has 0 bridgehead atoms. The summed E-state index contributed by atoms with van der Waals surface area (Å²) >= 11 is 3.36. The summed E-state index contributed by atoms with van der Waals surface area (Å²) < 4.78 is 11.1. The van der Waals surface area contributed by atoms with Gasteiger partial charge in [-0.05, 0) is 52.3 Å². The molecule has 2 rings (SSSR count). The van der Waals surface area contributed by atoms with E-state index in [0.29, 0.717) is 32.8 Å². The fourth-order valence-corrected chi connectivity index (χ4v) is 2.61. The molecule has 2 N–H and O–H groups in total. The fourth-order valence-electron chi connectivity index (χ4n) is 2.05. The molecular weight excluding hydrogens is 376 g/mol. The molecule has 0 radical (unpaired) electrons. The minimum absolute atomic E-state index is 0.185. The highest BCUT2D eigenvalue weighted by Gasteiger charge is 2.15. The third kappa shape index (κ3) is 3.86. The first-order valence-electron chi connectivity index (χ1n) is 7.05. The van der Waals surface area contributed by atoms with Crippen molar-refractivity contribution >= 4 is 33.4 Å². The number of methoxy groups -OCH3 is 2. The highest BCUT2D eigenvalue weighted by atomic mass is 79.9. The van der Waals surface area contributed by atoms with Crippen LogP contribution in [-0.2, 0) is 0 Å². The van der Waals surface area contributed by atoms with Gasteiger partial charge in [-0.15, -0.1) is 0 Å². The molecule has 0 spiro atoms. The smallest absolute Gasteiger partial charge is 0.255 e. The van der Waals surface area contributed by atoms with E-state index < -0.39 is 0 Å². The van der Waals surface area contributed by atoms with Crippen molar-refractivity contribution in [2.24, 2.45) is 0 Å². The van der Waals surface area contributed by atoms with Crippen molar-refractivity contribution in [1.29, 1.82) is 0 Å². The number of carbonyl (C=O) groups excluding carboxylic acids is 2. The van der Waals surface area contributed by atoms with Crippen LogP contribution >= 0.6 is 15.9 Å². The van der Waals surface area contributed by atoms with Gasteiger partial charge in [0.25, 0.3) is 11.8 Å². The van der Waals surface area contributed by atoms with Crippen LogP contribution in [0, 0.1) is 0 Å². The molecule has 0 aliphatic carbocycles. The lowest BCUT2D eigenvalue weighted by Crippen LogP contribution is -2.18. The molecule has 2 amide bonds. The number of nitrogens with one attached hydrogen (secondary N) is 2. The number of halogens is 1. The van der Waals surface area contributed by atoms with Gasteiger partial charge in [-0.3, -0.25) is 9.59 Å². The van der Waals surface area contributed by atoms with Gasteiger partial charge in [0.2, 0.25) is 0 Å². The Kier molecular flexibility index (Phi) is 5.81. The van der Waals surface area contributed by atoms with Crippen LogP contribution in [0.3, 0.4) is 0 Å². The van der Waals surface area contributed by atoms with Crippen molar-refractivity contribution in [1.82, 2.24) is 5.32 Å². The lowest BCUT2D eigenvalue weighted by atomic mass is 10.1. The van der Waals surface area contributed by atoms with Gasteiger partial charge in [0.15, 0.2) is 0 Å². The molecule has 24 heavy (non-hydrogen) atoms. The zero-order valence-corrected chi connectivity index (χ0v) is 15.1. The van der Waals surface area contributed by atoms with Crippen LogP contribution in [0.5, 0.6) is 11.5 Å². The molecule has 0 unspecified atom stereocenters. The molecule has 2 aromatic rings. The van der Waals surface area contributed by atoms with E-state index in [1.54, 1.807) is 43.4 Å². The van der Waals surface area contributed by atoms with Crippen LogP contribution in [0.4, 0.5) is 5.69 Å². The number of amides is 2. The fraction of sp³-hybridized carbons (Fsp3) is 0.176. The van der Waals surface area contributed by atoms with Gasteiger partial charge in [0.05, 0.1) is 14.2 Å². The molecule has 0 aliphatic heterocycles. The number of benzene rings is 2. The minimum Gasteiger partial charge on any atom is -0.495 e. The van der Waals surface area contributed by atoms with E-state index in [0.717, 1.165) is 0 Å². The Balaban J connectivity index is 2.22. The molecule has 0 fully saturated rings. The maximum Gasteiger partial charge on any atom is 0.255 e. The summed E-state index contributed by atoms with van der Waals surface area (Å²) in [6.45, 7) is 0. The number of hydrogen-bond donors (Lipinski definition) is 2. The predicted octanol–water partition coefficient (Wildman–Crippen LogP) is 3.08. The lowest BCUT2D eigenvalue weighted by molar-refractivity contribution is 0.0962. The summed E-state index contributed by atoms with van der Waals surface area (Å²) in [4.78, 5) is 23.9. The van der Waals surface area contributed by atoms with Crippen molar-refractivity contribution in [3.63, 3.8) is 0 Å². The molecule has 6 nitrogen and oxygen atoms in total. The quantitative estimate of drug-likeness (QED) is 0.819. The Morgan fingerprint density at radius 2 is 1.46 bits per heavy atom. The standard InChI is InChI=1S/C17H17BrN2O4/c1-19-16(21)10-4-6-12(7-5-10)20-17(22)11-8-13(23-2)15(18)14(9-11)24-3/h4-9H,1-3H3,(H,19,21)(H,20,22). The molecule has 0 aliphatic rings. The third-order valence-corrected chi connectivity index (χ3v) is 4.12. The van der Waals surface area contributed by atoms with E-state index in [1.165, 1.54) is 14.2 Å². The summed E-state index contributed by atoms with van der Waals surface area (Å²) in [6, 6.07) is 9.82. The van der Waals surface area contributed by atoms with Gasteiger partial charge in [-0.25, -0.2) is 0 Å². The summed E-state index contributed by atoms with van der Waals surface area (Å²) in [5.41, 5.74) is 1.48. The van der Waals surface area contributed by atoms with E-state index in [-0.39, 0.29) is 11.8 Å². The molecule has 0 aromatic heterocycles. The van der Waals surface area contributed by atoms with Gasteiger partial charge < -0.3 is 20.1 Å². The number of hydrogen-bond acceptors (Lipinski definition) is 4. The van der Waals surface area contributed by atoms with Crippen molar-refractivity contribution in [3.05, 3.63) is 52.0 Å². The van der Waals surface area contributed by atoms with Crippen molar-refractivity contribution in [2.75, 3.05) is 26.6 Å². The monoisotopic (exact) mass is 392 g/mol. The number of anilines is 1. The topological polar surface area (TPSA) is 76.7 Å². The van der Waals surface area contributed by atoms with E-state index in [4.69, 9.17) is 9.47 Å². The highest BCUT2D eigenvalue weighted by Crippen LogP contribution is 2.35. The number of rotatable bonds is 5.